The maximum atomic E-state index is 13.2. The first kappa shape index (κ1) is 21.3. The molecule has 3 N–H and O–H groups in total. The Morgan fingerprint density at radius 2 is 1.67 bits per heavy atom. The Bertz CT molecular complexity index is 1020. The predicted molar refractivity (Wildman–Crippen MR) is 102 cm³/mol. The van der Waals surface area contributed by atoms with E-state index in [1.165, 1.54) is 24.3 Å². The van der Waals surface area contributed by atoms with Crippen LogP contribution in [0.15, 0.2) is 52.3 Å². The largest absolute Gasteiger partial charge is 0.382 e. The van der Waals surface area contributed by atoms with Gasteiger partial charge >= 0.3 is 0 Å². The van der Waals surface area contributed by atoms with Gasteiger partial charge in [0.1, 0.15) is 10.7 Å². The van der Waals surface area contributed by atoms with E-state index in [0.717, 1.165) is 17.9 Å². The summed E-state index contributed by atoms with van der Waals surface area (Å²) >= 11 is 0. The Morgan fingerprint density at radius 1 is 1.07 bits per heavy atom. The smallest absolute Gasteiger partial charge is 0.240 e. The normalized spacial score (nSPS) is 13.6. The van der Waals surface area contributed by atoms with Crippen LogP contribution in [0.2, 0.25) is 0 Å². The maximum Gasteiger partial charge on any atom is 0.240 e. The van der Waals surface area contributed by atoms with Crippen LogP contribution >= 0.6 is 0 Å². The Balaban J connectivity index is 2.36. The van der Waals surface area contributed by atoms with Crippen molar-refractivity contribution in [2.24, 2.45) is 5.14 Å². The minimum atomic E-state index is -4.14. The van der Waals surface area contributed by atoms with Gasteiger partial charge in [-0.1, -0.05) is 12.1 Å². The van der Waals surface area contributed by atoms with E-state index in [9.17, 15) is 21.2 Å². The molecule has 0 saturated carbocycles. The van der Waals surface area contributed by atoms with Crippen molar-refractivity contribution in [1.29, 1.82) is 0 Å². The highest BCUT2D eigenvalue weighted by atomic mass is 32.2. The first-order valence-corrected chi connectivity index (χ1v) is 11.4. The van der Waals surface area contributed by atoms with Crippen molar-refractivity contribution < 1.29 is 21.2 Å². The average Bonchev–Trinajstić information content (AvgIpc) is 2.54. The summed E-state index contributed by atoms with van der Waals surface area (Å²) in [6.45, 7) is 0.291. The molecule has 2 rings (SSSR count). The summed E-state index contributed by atoms with van der Waals surface area (Å²) in [5.41, 5.74) is 1.03. The predicted octanol–water partition coefficient (Wildman–Crippen LogP) is 1.59. The van der Waals surface area contributed by atoms with Crippen molar-refractivity contribution >= 4 is 25.5 Å². The third kappa shape index (κ3) is 5.48. The number of anilines is 1. The van der Waals surface area contributed by atoms with E-state index in [4.69, 9.17) is 5.14 Å². The molecule has 148 valence electrons. The van der Waals surface area contributed by atoms with Gasteiger partial charge in [0.2, 0.25) is 10.0 Å². The zero-order valence-electron chi connectivity index (χ0n) is 15.2. The van der Waals surface area contributed by atoms with Gasteiger partial charge in [-0.05, 0) is 50.0 Å². The summed E-state index contributed by atoms with van der Waals surface area (Å²) in [7, 11) is -4.06. The highest BCUT2D eigenvalue weighted by Crippen LogP contribution is 2.26. The van der Waals surface area contributed by atoms with E-state index < -0.39 is 19.9 Å². The summed E-state index contributed by atoms with van der Waals surface area (Å²) in [5.74, 6) is -0.350. The molecule has 1 atom stereocenters. The number of benzene rings is 2. The highest BCUT2D eigenvalue weighted by Gasteiger charge is 2.20. The summed E-state index contributed by atoms with van der Waals surface area (Å²) < 4.78 is 60.4. The van der Waals surface area contributed by atoms with Gasteiger partial charge in [-0.3, -0.25) is 0 Å². The molecule has 2 aromatic carbocycles. The number of nitrogens with zero attached hydrogens (tertiary/aromatic N) is 1. The van der Waals surface area contributed by atoms with E-state index in [0.29, 0.717) is 6.54 Å². The molecule has 10 heteroatoms. The van der Waals surface area contributed by atoms with Gasteiger partial charge in [0.25, 0.3) is 0 Å². The van der Waals surface area contributed by atoms with Gasteiger partial charge in [0, 0.05) is 12.8 Å². The molecule has 0 spiro atoms. The van der Waals surface area contributed by atoms with Crippen LogP contribution in [0.25, 0.3) is 0 Å². The zero-order chi connectivity index (χ0) is 20.4. The van der Waals surface area contributed by atoms with Gasteiger partial charge < -0.3 is 10.2 Å². The molecule has 0 aliphatic carbocycles. The number of hydrogen-bond acceptors (Lipinski definition) is 6. The zero-order valence-corrected chi connectivity index (χ0v) is 16.8. The topological polar surface area (TPSA) is 110 Å². The fourth-order valence-corrected chi connectivity index (χ4v) is 4.06. The van der Waals surface area contributed by atoms with Gasteiger partial charge in [-0.2, -0.15) is 0 Å². The van der Waals surface area contributed by atoms with E-state index in [2.05, 4.69) is 5.32 Å². The van der Waals surface area contributed by atoms with Crippen LogP contribution in [-0.2, 0) is 19.9 Å². The van der Waals surface area contributed by atoms with Gasteiger partial charge in [-0.25, -0.2) is 26.4 Å². The lowest BCUT2D eigenvalue weighted by Crippen LogP contribution is -2.27. The molecule has 0 saturated heterocycles. The Kier molecular flexibility index (Phi) is 6.25. The van der Waals surface area contributed by atoms with Gasteiger partial charge in [-0.15, -0.1) is 0 Å². The van der Waals surface area contributed by atoms with Crippen LogP contribution in [0.1, 0.15) is 11.6 Å². The van der Waals surface area contributed by atoms with Gasteiger partial charge in [0.05, 0.1) is 16.6 Å². The van der Waals surface area contributed by atoms with E-state index >= 15 is 0 Å². The van der Waals surface area contributed by atoms with Crippen molar-refractivity contribution in [2.45, 2.75) is 15.8 Å². The molecule has 7 nitrogen and oxygen atoms in total. The monoisotopic (exact) mass is 415 g/mol. The van der Waals surface area contributed by atoms with Crippen molar-refractivity contribution in [2.75, 3.05) is 32.2 Å². The molecule has 2 aromatic rings. The Labute approximate surface area is 159 Å². The first-order chi connectivity index (χ1) is 12.4. The fourth-order valence-electron chi connectivity index (χ4n) is 2.60. The second-order valence-corrected chi connectivity index (χ2v) is 9.93. The lowest BCUT2D eigenvalue weighted by molar-refractivity contribution is 0.311. The number of sulfone groups is 1. The van der Waals surface area contributed by atoms with Gasteiger partial charge in [0.15, 0.2) is 9.84 Å². The maximum absolute atomic E-state index is 13.2. The number of halogens is 1. The van der Waals surface area contributed by atoms with E-state index in [1.54, 1.807) is 12.1 Å². The molecule has 0 aliphatic heterocycles. The minimum Gasteiger partial charge on any atom is -0.382 e. The molecule has 27 heavy (non-hydrogen) atoms. The van der Waals surface area contributed by atoms with Crippen LogP contribution in [0.5, 0.6) is 0 Å². The highest BCUT2D eigenvalue weighted by molar-refractivity contribution is 7.91. The van der Waals surface area contributed by atoms with Crippen molar-refractivity contribution in [1.82, 2.24) is 4.90 Å². The lowest BCUT2D eigenvalue weighted by Gasteiger charge is -2.26. The molecule has 0 aromatic heterocycles. The van der Waals surface area contributed by atoms with Crippen LogP contribution in [0.3, 0.4) is 0 Å². The number of rotatable bonds is 7. The fraction of sp³-hybridized carbons (Fsp3) is 0.294. The molecule has 0 unspecified atom stereocenters. The molecular weight excluding hydrogens is 393 g/mol. The van der Waals surface area contributed by atoms with E-state index in [1.807, 2.05) is 19.0 Å². The Morgan fingerprint density at radius 3 is 2.15 bits per heavy atom. The lowest BCUT2D eigenvalue weighted by atomic mass is 10.1. The summed E-state index contributed by atoms with van der Waals surface area (Å²) in [6.07, 6.45) is 0.985. The molecule has 0 heterocycles. The van der Waals surface area contributed by atoms with Crippen LogP contribution in [-0.4, -0.2) is 48.6 Å². The third-order valence-corrected chi connectivity index (χ3v) is 6.11. The van der Waals surface area contributed by atoms with Crippen molar-refractivity contribution in [3.8, 4) is 0 Å². The number of likely N-dealkylation sites (N-methyl/N-ethyl adjacent to an activating group) is 1. The molecule has 0 amide bonds. The first-order valence-electron chi connectivity index (χ1n) is 7.92. The SMILES string of the molecule is CN(C)[C@@H](CNc1ccc(S(C)(=O)=O)cc1S(N)(=O)=O)c1ccc(F)cc1. The number of primary sulfonamides is 1. The number of hydrogen-bond donors (Lipinski definition) is 2. The number of nitrogens with one attached hydrogen (secondary N) is 1. The molecule has 0 bridgehead atoms. The van der Waals surface area contributed by atoms with Crippen LogP contribution in [0, 0.1) is 5.82 Å². The van der Waals surface area contributed by atoms with Crippen LogP contribution in [0.4, 0.5) is 10.1 Å². The number of nitrogens with two attached hydrogens (primary N) is 1. The average molecular weight is 416 g/mol. The van der Waals surface area contributed by atoms with E-state index in [-0.39, 0.29) is 27.3 Å². The molecular formula is C17H22FN3O4S2. The second-order valence-electron chi connectivity index (χ2n) is 6.39. The second kappa shape index (κ2) is 7.93. The van der Waals surface area contributed by atoms with Crippen LogP contribution < -0.4 is 10.5 Å². The minimum absolute atomic E-state index is 0.139. The van der Waals surface area contributed by atoms with Crippen molar-refractivity contribution in [3.63, 3.8) is 0 Å². The third-order valence-electron chi connectivity index (χ3n) is 4.05. The van der Waals surface area contributed by atoms with Crippen molar-refractivity contribution in [3.05, 3.63) is 53.8 Å². The summed E-state index contributed by atoms with van der Waals surface area (Å²) in [4.78, 5) is 1.45. The molecule has 0 fully saturated rings. The summed E-state index contributed by atoms with van der Waals surface area (Å²) in [5, 5.41) is 8.25. The molecule has 0 radical (unpaired) electrons. The number of sulfonamides is 1. The summed E-state index contributed by atoms with van der Waals surface area (Å²) in [6, 6.07) is 9.53. The Hall–Kier alpha value is -2.01. The quantitative estimate of drug-likeness (QED) is 0.711. The molecule has 0 aliphatic rings. The standard InChI is InChI=1S/C17H22FN3O4S2/c1-21(2)16(12-4-6-13(18)7-5-12)11-20-15-9-8-14(26(3,22)23)10-17(15)27(19,24)25/h4-10,16,20H,11H2,1-3H3,(H2,19,24,25)/t16-/m0/s1.